The lowest BCUT2D eigenvalue weighted by Gasteiger charge is -2.31. The summed E-state index contributed by atoms with van der Waals surface area (Å²) in [6.07, 6.45) is 1.58. The number of nitrogens with zero attached hydrogens (tertiary/aromatic N) is 1. The van der Waals surface area contributed by atoms with Crippen LogP contribution in [0.3, 0.4) is 0 Å². The number of carbonyl (C=O) groups excluding carboxylic acids is 2. The van der Waals surface area contributed by atoms with E-state index in [4.69, 9.17) is 4.74 Å². The normalized spacial score (nSPS) is 23.7. The molecule has 0 aromatic rings. The molecular formula is C10H16N2O3. The molecule has 1 N–H and O–H groups in total. The predicted octanol–water partition coefficient (Wildman–Crippen LogP) is -0.629. The number of hydrogen-bond acceptors (Lipinski definition) is 3. The van der Waals surface area contributed by atoms with Crippen LogP contribution in [0, 0.1) is 5.92 Å². The summed E-state index contributed by atoms with van der Waals surface area (Å²) in [5.74, 6) is 0.124. The van der Waals surface area contributed by atoms with Gasteiger partial charge in [0.15, 0.2) is 0 Å². The quantitative estimate of drug-likeness (QED) is 0.629. The minimum Gasteiger partial charge on any atom is -0.381 e. The minimum atomic E-state index is -0.0540. The van der Waals surface area contributed by atoms with Crippen LogP contribution in [0.4, 0.5) is 0 Å². The van der Waals surface area contributed by atoms with Crippen molar-refractivity contribution in [3.05, 3.63) is 0 Å². The molecule has 2 amide bonds. The van der Waals surface area contributed by atoms with E-state index in [1.165, 1.54) is 0 Å². The van der Waals surface area contributed by atoms with Crippen molar-refractivity contribution in [1.82, 2.24) is 10.2 Å². The number of ether oxygens (including phenoxy) is 1. The Kier molecular flexibility index (Phi) is 3.20. The molecule has 0 atom stereocenters. The average Bonchev–Trinajstić information content (AvgIpc) is 2.29. The Bertz CT molecular complexity index is 261. The number of nitrogens with one attached hydrogen (secondary N) is 1. The van der Waals surface area contributed by atoms with Crippen LogP contribution in [0.15, 0.2) is 0 Å². The van der Waals surface area contributed by atoms with Crippen LogP contribution in [0.1, 0.15) is 12.8 Å². The number of rotatable bonds is 1. The van der Waals surface area contributed by atoms with Crippen molar-refractivity contribution in [2.24, 2.45) is 5.92 Å². The van der Waals surface area contributed by atoms with Crippen LogP contribution in [-0.2, 0) is 14.3 Å². The Morgan fingerprint density at radius 3 is 2.80 bits per heavy atom. The molecule has 2 saturated heterocycles. The topological polar surface area (TPSA) is 58.6 Å². The van der Waals surface area contributed by atoms with E-state index in [2.05, 4.69) is 5.32 Å². The summed E-state index contributed by atoms with van der Waals surface area (Å²) in [4.78, 5) is 24.8. The molecule has 0 aliphatic carbocycles. The van der Waals surface area contributed by atoms with E-state index in [0.29, 0.717) is 26.3 Å². The molecule has 0 unspecified atom stereocenters. The van der Waals surface area contributed by atoms with Crippen molar-refractivity contribution in [2.75, 3.05) is 32.8 Å². The van der Waals surface area contributed by atoms with Gasteiger partial charge in [-0.05, 0) is 12.8 Å². The molecule has 2 rings (SSSR count). The van der Waals surface area contributed by atoms with Crippen LogP contribution in [0.5, 0.6) is 0 Å². The zero-order chi connectivity index (χ0) is 10.7. The number of amides is 2. The summed E-state index contributed by atoms with van der Waals surface area (Å²) < 4.78 is 5.21. The molecule has 0 radical (unpaired) electrons. The van der Waals surface area contributed by atoms with Crippen molar-refractivity contribution >= 4 is 11.8 Å². The van der Waals surface area contributed by atoms with Crippen LogP contribution in [0.25, 0.3) is 0 Å². The number of carbonyl (C=O) groups is 2. The molecule has 5 heteroatoms. The van der Waals surface area contributed by atoms with Gasteiger partial charge in [0.2, 0.25) is 11.8 Å². The molecule has 5 nitrogen and oxygen atoms in total. The van der Waals surface area contributed by atoms with Gasteiger partial charge in [0.1, 0.15) is 0 Å². The maximum Gasteiger partial charge on any atom is 0.239 e. The summed E-state index contributed by atoms with van der Waals surface area (Å²) in [7, 11) is 0. The van der Waals surface area contributed by atoms with Gasteiger partial charge in [-0.2, -0.15) is 0 Å². The van der Waals surface area contributed by atoms with Gasteiger partial charge in [0.25, 0.3) is 0 Å². The molecule has 2 fully saturated rings. The van der Waals surface area contributed by atoms with Crippen LogP contribution >= 0.6 is 0 Å². The predicted molar refractivity (Wildman–Crippen MR) is 53.1 cm³/mol. The van der Waals surface area contributed by atoms with Gasteiger partial charge in [-0.15, -0.1) is 0 Å². The lowest BCUT2D eigenvalue weighted by atomic mass is 9.98. The molecule has 84 valence electrons. The highest BCUT2D eigenvalue weighted by molar-refractivity contribution is 5.87. The minimum absolute atomic E-state index is 0.0540. The van der Waals surface area contributed by atoms with E-state index >= 15 is 0 Å². The molecular weight excluding hydrogens is 196 g/mol. The van der Waals surface area contributed by atoms with Crippen molar-refractivity contribution in [1.29, 1.82) is 0 Å². The lowest BCUT2D eigenvalue weighted by Crippen LogP contribution is -2.52. The molecule has 0 saturated carbocycles. The van der Waals surface area contributed by atoms with E-state index in [9.17, 15) is 9.59 Å². The third-order valence-electron chi connectivity index (χ3n) is 2.92. The molecule has 15 heavy (non-hydrogen) atoms. The largest absolute Gasteiger partial charge is 0.381 e. The fourth-order valence-corrected chi connectivity index (χ4v) is 2.03. The molecule has 2 aliphatic rings. The fraction of sp³-hybridized carbons (Fsp3) is 0.800. The first-order valence-corrected chi connectivity index (χ1v) is 5.40. The summed E-state index contributed by atoms with van der Waals surface area (Å²) in [6.45, 7) is 2.76. The van der Waals surface area contributed by atoms with Gasteiger partial charge in [0.05, 0.1) is 6.54 Å². The molecule has 2 heterocycles. The molecule has 2 aliphatic heterocycles. The lowest BCUT2D eigenvalue weighted by molar-refractivity contribution is -0.143. The standard InChI is InChI=1S/C10H16N2O3/c13-9-7-12(4-3-11-9)10(14)8-1-5-15-6-2-8/h8H,1-7H2,(H,11,13). The number of hydrogen-bond donors (Lipinski definition) is 1. The van der Waals surface area contributed by atoms with E-state index < -0.39 is 0 Å². The monoisotopic (exact) mass is 212 g/mol. The highest BCUT2D eigenvalue weighted by Gasteiger charge is 2.28. The Labute approximate surface area is 88.8 Å². The Morgan fingerprint density at radius 1 is 1.40 bits per heavy atom. The first-order valence-electron chi connectivity index (χ1n) is 5.40. The zero-order valence-electron chi connectivity index (χ0n) is 8.70. The Balaban J connectivity index is 1.90. The summed E-state index contributed by atoms with van der Waals surface area (Å²) in [6, 6.07) is 0. The van der Waals surface area contributed by atoms with Gasteiger partial charge >= 0.3 is 0 Å². The van der Waals surface area contributed by atoms with Gasteiger partial charge in [-0.3, -0.25) is 9.59 Å². The first-order chi connectivity index (χ1) is 7.27. The maximum atomic E-state index is 12.0. The highest BCUT2D eigenvalue weighted by Crippen LogP contribution is 2.17. The molecule has 0 aromatic carbocycles. The summed E-state index contributed by atoms with van der Waals surface area (Å²) in [5.41, 5.74) is 0. The smallest absolute Gasteiger partial charge is 0.239 e. The van der Waals surface area contributed by atoms with Crippen molar-refractivity contribution in [2.45, 2.75) is 12.8 Å². The summed E-state index contributed by atoms with van der Waals surface area (Å²) >= 11 is 0. The Hall–Kier alpha value is -1.10. The maximum absolute atomic E-state index is 12.0. The zero-order valence-corrected chi connectivity index (χ0v) is 8.70. The highest BCUT2D eigenvalue weighted by atomic mass is 16.5. The fourth-order valence-electron chi connectivity index (χ4n) is 2.03. The summed E-state index contributed by atoms with van der Waals surface area (Å²) in [5, 5.41) is 2.71. The number of piperazine rings is 1. The van der Waals surface area contributed by atoms with Gasteiger partial charge in [-0.1, -0.05) is 0 Å². The van der Waals surface area contributed by atoms with Gasteiger partial charge in [-0.25, -0.2) is 0 Å². The third kappa shape index (κ3) is 2.47. The van der Waals surface area contributed by atoms with Gasteiger partial charge in [0, 0.05) is 32.2 Å². The van der Waals surface area contributed by atoms with E-state index in [-0.39, 0.29) is 24.3 Å². The van der Waals surface area contributed by atoms with Crippen molar-refractivity contribution in [3.8, 4) is 0 Å². The first kappa shape index (κ1) is 10.4. The second-order valence-electron chi connectivity index (χ2n) is 4.00. The molecule has 0 spiro atoms. The molecule has 0 aromatic heterocycles. The van der Waals surface area contributed by atoms with E-state index in [0.717, 1.165) is 12.8 Å². The van der Waals surface area contributed by atoms with E-state index in [1.54, 1.807) is 4.90 Å². The van der Waals surface area contributed by atoms with Crippen molar-refractivity contribution < 1.29 is 14.3 Å². The second kappa shape index (κ2) is 4.61. The van der Waals surface area contributed by atoms with Gasteiger partial charge < -0.3 is 15.0 Å². The molecule has 0 bridgehead atoms. The SMILES string of the molecule is O=C1CN(C(=O)C2CCOCC2)CCN1. The second-order valence-corrected chi connectivity index (χ2v) is 4.00. The Morgan fingerprint density at radius 2 is 2.13 bits per heavy atom. The van der Waals surface area contributed by atoms with Crippen LogP contribution < -0.4 is 5.32 Å². The van der Waals surface area contributed by atoms with Crippen LogP contribution in [-0.4, -0.2) is 49.6 Å². The van der Waals surface area contributed by atoms with Crippen LogP contribution in [0.2, 0.25) is 0 Å². The average molecular weight is 212 g/mol. The van der Waals surface area contributed by atoms with Crippen molar-refractivity contribution in [3.63, 3.8) is 0 Å². The third-order valence-corrected chi connectivity index (χ3v) is 2.92. The van der Waals surface area contributed by atoms with E-state index in [1.807, 2.05) is 0 Å².